The number of likely N-dealkylation sites (tertiary alicyclic amines) is 1. The lowest BCUT2D eigenvalue weighted by atomic mass is 10.1. The van der Waals surface area contributed by atoms with Crippen molar-refractivity contribution < 1.29 is 4.52 Å². The molecular weight excluding hydrogens is 270 g/mol. The Morgan fingerprint density at radius 1 is 1.50 bits per heavy atom. The Kier molecular flexibility index (Phi) is 4.17. The molecule has 2 aromatic rings. The molecule has 4 nitrogen and oxygen atoms in total. The molecule has 0 amide bonds. The van der Waals surface area contributed by atoms with E-state index in [9.17, 15) is 0 Å². The maximum atomic E-state index is 5.26. The molecule has 2 atom stereocenters. The normalized spacial score (nSPS) is 23.5. The summed E-state index contributed by atoms with van der Waals surface area (Å²) in [6, 6.07) is 4.97. The van der Waals surface area contributed by atoms with Gasteiger partial charge in [-0.05, 0) is 31.2 Å². The van der Waals surface area contributed by atoms with Crippen LogP contribution >= 0.6 is 11.3 Å². The summed E-state index contributed by atoms with van der Waals surface area (Å²) >= 11 is 1.86. The van der Waals surface area contributed by atoms with E-state index >= 15 is 0 Å². The third-order valence-corrected chi connectivity index (χ3v) is 5.00. The molecule has 1 saturated heterocycles. The largest absolute Gasteiger partial charge is 0.339 e. The van der Waals surface area contributed by atoms with Crippen LogP contribution in [0.4, 0.5) is 0 Å². The molecule has 0 aromatic carbocycles. The molecule has 0 saturated carbocycles. The van der Waals surface area contributed by atoms with Gasteiger partial charge in [-0.2, -0.15) is 4.98 Å². The highest BCUT2D eigenvalue weighted by atomic mass is 32.1. The minimum atomic E-state index is 0.579. The number of thiophene rings is 1. The van der Waals surface area contributed by atoms with Gasteiger partial charge in [0.25, 0.3) is 0 Å². The number of hydrogen-bond acceptors (Lipinski definition) is 5. The van der Waals surface area contributed by atoms with Gasteiger partial charge in [0.1, 0.15) is 0 Å². The van der Waals surface area contributed by atoms with Crippen LogP contribution in [-0.2, 0) is 13.0 Å². The van der Waals surface area contributed by atoms with E-state index in [0.29, 0.717) is 12.0 Å². The van der Waals surface area contributed by atoms with Crippen molar-refractivity contribution in [1.82, 2.24) is 15.0 Å². The van der Waals surface area contributed by atoms with E-state index in [0.717, 1.165) is 37.6 Å². The van der Waals surface area contributed by atoms with Crippen molar-refractivity contribution in [2.45, 2.75) is 51.6 Å². The van der Waals surface area contributed by atoms with Crippen LogP contribution in [0, 0.1) is 0 Å². The van der Waals surface area contributed by atoms with Crippen LogP contribution in [0.2, 0.25) is 0 Å². The SMILES string of the molecule is CCCc1nc(CN2CC(c3cccs3)CC2C)no1. The maximum Gasteiger partial charge on any atom is 0.226 e. The van der Waals surface area contributed by atoms with Gasteiger partial charge in [-0.1, -0.05) is 18.1 Å². The Balaban J connectivity index is 1.62. The first kappa shape index (κ1) is 13.8. The molecular formula is C15H21N3OS. The fourth-order valence-electron chi connectivity index (χ4n) is 2.90. The van der Waals surface area contributed by atoms with E-state index in [-0.39, 0.29) is 0 Å². The molecule has 108 valence electrons. The molecule has 3 rings (SSSR count). The van der Waals surface area contributed by atoms with Crippen molar-refractivity contribution in [2.75, 3.05) is 6.54 Å². The highest BCUT2D eigenvalue weighted by molar-refractivity contribution is 7.10. The molecule has 0 N–H and O–H groups in total. The van der Waals surface area contributed by atoms with Gasteiger partial charge in [-0.3, -0.25) is 4.90 Å². The molecule has 0 aliphatic carbocycles. The zero-order valence-electron chi connectivity index (χ0n) is 12.1. The van der Waals surface area contributed by atoms with Crippen LogP contribution in [0.25, 0.3) is 0 Å². The molecule has 1 fully saturated rings. The highest BCUT2D eigenvalue weighted by Gasteiger charge is 2.31. The number of aryl methyl sites for hydroxylation is 1. The Hall–Kier alpha value is -1.20. The highest BCUT2D eigenvalue weighted by Crippen LogP contribution is 2.34. The lowest BCUT2D eigenvalue weighted by Gasteiger charge is -2.18. The smallest absolute Gasteiger partial charge is 0.226 e. The Morgan fingerprint density at radius 3 is 3.15 bits per heavy atom. The van der Waals surface area contributed by atoms with Gasteiger partial charge in [0, 0.05) is 29.8 Å². The van der Waals surface area contributed by atoms with Gasteiger partial charge in [-0.25, -0.2) is 0 Å². The van der Waals surface area contributed by atoms with Crippen molar-refractivity contribution in [3.05, 3.63) is 34.1 Å². The summed E-state index contributed by atoms with van der Waals surface area (Å²) in [5.41, 5.74) is 0. The summed E-state index contributed by atoms with van der Waals surface area (Å²) in [6.07, 6.45) is 3.14. The summed E-state index contributed by atoms with van der Waals surface area (Å²) < 4.78 is 5.26. The molecule has 2 aromatic heterocycles. The van der Waals surface area contributed by atoms with E-state index in [1.165, 1.54) is 11.3 Å². The molecule has 1 aliphatic rings. The van der Waals surface area contributed by atoms with Gasteiger partial charge >= 0.3 is 0 Å². The van der Waals surface area contributed by atoms with Crippen LogP contribution < -0.4 is 0 Å². The maximum absolute atomic E-state index is 5.26. The van der Waals surface area contributed by atoms with Gasteiger partial charge in [0.15, 0.2) is 5.82 Å². The van der Waals surface area contributed by atoms with Gasteiger partial charge in [0.2, 0.25) is 5.89 Å². The van der Waals surface area contributed by atoms with Crippen LogP contribution in [0.3, 0.4) is 0 Å². The van der Waals surface area contributed by atoms with Crippen LogP contribution in [0.1, 0.15) is 49.2 Å². The van der Waals surface area contributed by atoms with Crippen molar-refractivity contribution in [2.24, 2.45) is 0 Å². The predicted molar refractivity (Wildman–Crippen MR) is 79.8 cm³/mol. The van der Waals surface area contributed by atoms with E-state index in [1.807, 2.05) is 11.3 Å². The zero-order valence-corrected chi connectivity index (χ0v) is 12.9. The molecule has 1 aliphatic heterocycles. The Labute approximate surface area is 123 Å². The number of rotatable bonds is 5. The minimum Gasteiger partial charge on any atom is -0.339 e. The Morgan fingerprint density at radius 2 is 2.40 bits per heavy atom. The summed E-state index contributed by atoms with van der Waals surface area (Å²) in [5, 5.41) is 6.26. The summed E-state index contributed by atoms with van der Waals surface area (Å²) in [5.74, 6) is 2.25. The number of nitrogens with zero attached hydrogens (tertiary/aromatic N) is 3. The molecule has 5 heteroatoms. The fraction of sp³-hybridized carbons (Fsp3) is 0.600. The van der Waals surface area contributed by atoms with Crippen molar-refractivity contribution in [3.8, 4) is 0 Å². The summed E-state index contributed by atoms with van der Waals surface area (Å²) in [7, 11) is 0. The molecule has 0 radical (unpaired) electrons. The first-order valence-corrected chi connectivity index (χ1v) is 8.23. The van der Waals surface area contributed by atoms with Gasteiger partial charge in [-0.15, -0.1) is 11.3 Å². The topological polar surface area (TPSA) is 42.2 Å². The third kappa shape index (κ3) is 2.94. The van der Waals surface area contributed by atoms with Gasteiger partial charge < -0.3 is 4.52 Å². The average Bonchev–Trinajstić information content (AvgIpc) is 3.13. The van der Waals surface area contributed by atoms with Crippen molar-refractivity contribution in [3.63, 3.8) is 0 Å². The van der Waals surface area contributed by atoms with E-state index in [4.69, 9.17) is 4.52 Å². The van der Waals surface area contributed by atoms with E-state index in [2.05, 4.69) is 46.4 Å². The first-order valence-electron chi connectivity index (χ1n) is 7.35. The molecule has 2 unspecified atom stereocenters. The van der Waals surface area contributed by atoms with Crippen molar-refractivity contribution >= 4 is 11.3 Å². The second-order valence-corrected chi connectivity index (χ2v) is 6.56. The zero-order chi connectivity index (χ0) is 13.9. The summed E-state index contributed by atoms with van der Waals surface area (Å²) in [6.45, 7) is 6.31. The second kappa shape index (κ2) is 6.06. The molecule has 0 bridgehead atoms. The lowest BCUT2D eigenvalue weighted by molar-refractivity contribution is 0.247. The van der Waals surface area contributed by atoms with Crippen molar-refractivity contribution in [1.29, 1.82) is 0 Å². The van der Waals surface area contributed by atoms with Crippen LogP contribution in [0.15, 0.2) is 22.0 Å². The fourth-order valence-corrected chi connectivity index (χ4v) is 3.73. The quantitative estimate of drug-likeness (QED) is 0.846. The monoisotopic (exact) mass is 291 g/mol. The average molecular weight is 291 g/mol. The Bertz CT molecular complexity index is 537. The minimum absolute atomic E-state index is 0.579. The van der Waals surface area contributed by atoms with E-state index < -0.39 is 0 Å². The number of hydrogen-bond donors (Lipinski definition) is 0. The van der Waals surface area contributed by atoms with Crippen LogP contribution in [-0.4, -0.2) is 27.6 Å². The first-order chi connectivity index (χ1) is 9.76. The second-order valence-electron chi connectivity index (χ2n) is 5.58. The number of aromatic nitrogens is 2. The molecule has 3 heterocycles. The predicted octanol–water partition coefficient (Wildman–Crippen LogP) is 3.46. The molecule has 20 heavy (non-hydrogen) atoms. The van der Waals surface area contributed by atoms with E-state index in [1.54, 1.807) is 0 Å². The molecule has 0 spiro atoms. The standard InChI is InChI=1S/C15H21N3OS/c1-3-5-15-16-14(17-19-15)10-18-9-12(8-11(18)2)13-6-4-7-20-13/h4,6-7,11-12H,3,5,8-10H2,1-2H3. The third-order valence-electron chi connectivity index (χ3n) is 3.97. The van der Waals surface area contributed by atoms with Gasteiger partial charge in [0.05, 0.1) is 6.54 Å². The van der Waals surface area contributed by atoms with Crippen LogP contribution in [0.5, 0.6) is 0 Å². The lowest BCUT2D eigenvalue weighted by Crippen LogP contribution is -2.27. The summed E-state index contributed by atoms with van der Waals surface area (Å²) in [4.78, 5) is 8.43.